The topological polar surface area (TPSA) is 97.6 Å². The van der Waals surface area contributed by atoms with E-state index in [0.717, 1.165) is 33.3 Å². The molecule has 0 unspecified atom stereocenters. The second kappa shape index (κ2) is 12.3. The van der Waals surface area contributed by atoms with Crippen molar-refractivity contribution < 1.29 is 19.4 Å². The van der Waals surface area contributed by atoms with Gasteiger partial charge >= 0.3 is 6.03 Å². The van der Waals surface area contributed by atoms with E-state index in [1.54, 1.807) is 0 Å². The number of hydrogen-bond donors (Lipinski definition) is 3. The Balaban J connectivity index is 1.17. The molecule has 3 atom stereocenters. The number of carbonyl (C=O) groups excluding carboxylic acids is 1. The highest BCUT2D eigenvalue weighted by atomic mass is 16.7. The summed E-state index contributed by atoms with van der Waals surface area (Å²) in [5.74, 6) is 0. The molecule has 0 radical (unpaired) electrons. The number of nitrogens with zero attached hydrogens (tertiary/aromatic N) is 2. The monoisotopic (exact) mass is 548 g/mol. The molecule has 2 amide bonds. The van der Waals surface area contributed by atoms with Crippen molar-refractivity contribution in [2.45, 2.75) is 44.6 Å². The van der Waals surface area contributed by atoms with Crippen molar-refractivity contribution in [1.82, 2.24) is 14.9 Å². The van der Waals surface area contributed by atoms with Crippen LogP contribution in [0.3, 0.4) is 0 Å². The van der Waals surface area contributed by atoms with E-state index in [2.05, 4.69) is 26.3 Å². The molecule has 4 aromatic carbocycles. The molecule has 1 aromatic heterocycles. The van der Waals surface area contributed by atoms with Crippen LogP contribution in [0.25, 0.3) is 11.0 Å². The van der Waals surface area contributed by atoms with Crippen LogP contribution in [0.2, 0.25) is 0 Å². The molecule has 1 aliphatic rings. The lowest BCUT2D eigenvalue weighted by Gasteiger charge is -2.36. The maximum absolute atomic E-state index is 12.4. The Labute approximate surface area is 238 Å². The first-order chi connectivity index (χ1) is 20.1. The zero-order valence-electron chi connectivity index (χ0n) is 22.5. The lowest BCUT2D eigenvalue weighted by atomic mass is 10.00. The Hall–Kier alpha value is -4.50. The van der Waals surface area contributed by atoms with E-state index >= 15 is 0 Å². The van der Waals surface area contributed by atoms with Crippen molar-refractivity contribution in [3.63, 3.8) is 0 Å². The van der Waals surface area contributed by atoms with Crippen LogP contribution in [0.4, 0.5) is 10.5 Å². The molecule has 1 fully saturated rings. The van der Waals surface area contributed by atoms with Crippen LogP contribution in [0.1, 0.15) is 41.1 Å². The quantitative estimate of drug-likeness (QED) is 0.218. The lowest BCUT2D eigenvalue weighted by Crippen LogP contribution is -2.32. The van der Waals surface area contributed by atoms with Gasteiger partial charge in [0.1, 0.15) is 0 Å². The minimum absolute atomic E-state index is 0.00146. The van der Waals surface area contributed by atoms with Crippen molar-refractivity contribution in [3.8, 4) is 0 Å². The minimum atomic E-state index is -0.591. The van der Waals surface area contributed by atoms with Crippen LogP contribution < -0.4 is 10.6 Å². The van der Waals surface area contributed by atoms with Crippen LogP contribution >= 0.6 is 0 Å². The zero-order valence-corrected chi connectivity index (χ0v) is 22.5. The number of hydrogen-bond acceptors (Lipinski definition) is 5. The van der Waals surface area contributed by atoms with Crippen LogP contribution in [0.15, 0.2) is 109 Å². The Morgan fingerprint density at radius 3 is 2.37 bits per heavy atom. The molecule has 41 heavy (non-hydrogen) atoms. The van der Waals surface area contributed by atoms with Crippen LogP contribution in [-0.2, 0) is 29.2 Å². The second-order valence-electron chi connectivity index (χ2n) is 10.2. The van der Waals surface area contributed by atoms with Gasteiger partial charge in [0.15, 0.2) is 6.29 Å². The van der Waals surface area contributed by atoms with Gasteiger partial charge in [-0.15, -0.1) is 0 Å². The SMILES string of the molecule is O=C(NCc1ccccc1)Nc1ccc([C@H]2O[C@@H](Cn3cnc4ccccc43)C[C@@H](c3ccc(CO)cc3)O2)cc1. The van der Waals surface area contributed by atoms with Crippen molar-refractivity contribution >= 4 is 22.8 Å². The van der Waals surface area contributed by atoms with Gasteiger partial charge in [-0.1, -0.05) is 78.9 Å². The first-order valence-corrected chi connectivity index (χ1v) is 13.7. The summed E-state index contributed by atoms with van der Waals surface area (Å²) >= 11 is 0. The molecular weight excluding hydrogens is 516 g/mol. The largest absolute Gasteiger partial charge is 0.392 e. The number of carbonyl (C=O) groups is 1. The van der Waals surface area contributed by atoms with E-state index in [9.17, 15) is 9.90 Å². The number of rotatable bonds is 8. The second-order valence-corrected chi connectivity index (χ2v) is 10.2. The molecule has 5 aromatic rings. The van der Waals surface area contributed by atoms with Gasteiger partial charge in [0.05, 0.1) is 42.7 Å². The predicted octanol–water partition coefficient (Wildman–Crippen LogP) is 6.10. The summed E-state index contributed by atoms with van der Waals surface area (Å²) in [4.78, 5) is 16.9. The maximum Gasteiger partial charge on any atom is 0.319 e. The average Bonchev–Trinajstić information content (AvgIpc) is 3.43. The Kier molecular flexibility index (Phi) is 8.04. The molecule has 1 aliphatic heterocycles. The summed E-state index contributed by atoms with van der Waals surface area (Å²) in [5, 5.41) is 15.2. The highest BCUT2D eigenvalue weighted by Crippen LogP contribution is 2.38. The highest BCUT2D eigenvalue weighted by molar-refractivity contribution is 5.89. The molecule has 8 heteroatoms. The molecule has 2 heterocycles. The lowest BCUT2D eigenvalue weighted by molar-refractivity contribution is -0.252. The molecule has 208 valence electrons. The number of benzene rings is 4. The van der Waals surface area contributed by atoms with E-state index in [4.69, 9.17) is 9.47 Å². The molecule has 6 rings (SSSR count). The normalized spacial score (nSPS) is 18.7. The number of aliphatic hydroxyl groups is 1. The highest BCUT2D eigenvalue weighted by Gasteiger charge is 2.32. The number of aliphatic hydroxyl groups excluding tert-OH is 1. The number of urea groups is 1. The maximum atomic E-state index is 12.4. The average molecular weight is 549 g/mol. The Bertz CT molecular complexity index is 1590. The summed E-state index contributed by atoms with van der Waals surface area (Å²) in [5.41, 5.74) is 6.46. The molecule has 0 aliphatic carbocycles. The van der Waals surface area contributed by atoms with Gasteiger partial charge in [-0.25, -0.2) is 9.78 Å². The van der Waals surface area contributed by atoms with Gasteiger partial charge in [0.2, 0.25) is 0 Å². The number of anilines is 1. The fourth-order valence-corrected chi connectivity index (χ4v) is 5.09. The van der Waals surface area contributed by atoms with Gasteiger partial charge in [-0.05, 0) is 41.0 Å². The van der Waals surface area contributed by atoms with Crippen LogP contribution in [0, 0.1) is 0 Å². The third-order valence-corrected chi connectivity index (χ3v) is 7.28. The summed E-state index contributed by atoms with van der Waals surface area (Å²) in [7, 11) is 0. The van der Waals surface area contributed by atoms with Crippen molar-refractivity contribution in [1.29, 1.82) is 0 Å². The Morgan fingerprint density at radius 2 is 1.59 bits per heavy atom. The number of aromatic nitrogens is 2. The number of amides is 2. The van der Waals surface area contributed by atoms with Crippen molar-refractivity contribution in [2.75, 3.05) is 5.32 Å². The first-order valence-electron chi connectivity index (χ1n) is 13.7. The predicted molar refractivity (Wildman–Crippen MR) is 157 cm³/mol. The van der Waals surface area contributed by atoms with E-state index in [1.165, 1.54) is 0 Å². The number of fused-ring (bicyclic) bond motifs is 1. The summed E-state index contributed by atoms with van der Waals surface area (Å²) in [6.07, 6.45) is 1.61. The van der Waals surface area contributed by atoms with Crippen molar-refractivity contribution in [2.24, 2.45) is 0 Å². The van der Waals surface area contributed by atoms with E-state index in [-0.39, 0.29) is 24.8 Å². The zero-order chi connectivity index (χ0) is 28.0. The minimum Gasteiger partial charge on any atom is -0.392 e. The molecule has 0 bridgehead atoms. The summed E-state index contributed by atoms with van der Waals surface area (Å²) in [6.45, 7) is 1.08. The summed E-state index contributed by atoms with van der Waals surface area (Å²) < 4.78 is 15.1. The third kappa shape index (κ3) is 6.47. The molecule has 3 N–H and O–H groups in total. The standard InChI is InChI=1S/C33H32N4O4/c38-21-24-10-12-25(13-11-24)31-18-28(20-37-22-35-29-8-4-5-9-30(29)37)40-32(41-31)26-14-16-27(17-15-26)36-33(39)34-19-23-6-2-1-3-7-23/h1-17,22,28,31-32,38H,18-21H2,(H2,34,36,39)/t28-,31+,32+/m1/s1. The van der Waals surface area contributed by atoms with Gasteiger partial charge in [-0.2, -0.15) is 0 Å². The Morgan fingerprint density at radius 1 is 0.854 bits per heavy atom. The van der Waals surface area contributed by atoms with Gasteiger partial charge in [0, 0.05) is 24.2 Å². The molecular formula is C33H32N4O4. The van der Waals surface area contributed by atoms with Crippen LogP contribution in [0.5, 0.6) is 0 Å². The molecule has 0 spiro atoms. The molecule has 8 nitrogen and oxygen atoms in total. The number of nitrogens with one attached hydrogen (secondary N) is 2. The van der Waals surface area contributed by atoms with Gasteiger partial charge < -0.3 is 29.8 Å². The third-order valence-electron chi connectivity index (χ3n) is 7.28. The number of para-hydroxylation sites is 2. The first kappa shape index (κ1) is 26.7. The summed E-state index contributed by atoms with van der Waals surface area (Å²) in [6, 6.07) is 32.9. The fraction of sp³-hybridized carbons (Fsp3) is 0.212. The van der Waals surface area contributed by atoms with E-state index in [1.807, 2.05) is 103 Å². The molecule has 1 saturated heterocycles. The van der Waals surface area contributed by atoms with E-state index in [0.29, 0.717) is 25.2 Å². The van der Waals surface area contributed by atoms with E-state index < -0.39 is 6.29 Å². The number of ether oxygens (including phenoxy) is 2. The van der Waals surface area contributed by atoms with Gasteiger partial charge in [-0.3, -0.25) is 0 Å². The van der Waals surface area contributed by atoms with Gasteiger partial charge in [0.25, 0.3) is 0 Å². The molecule has 0 saturated carbocycles. The van der Waals surface area contributed by atoms with Crippen LogP contribution in [-0.4, -0.2) is 26.8 Å². The number of imidazole rings is 1. The fourth-order valence-electron chi connectivity index (χ4n) is 5.09. The van der Waals surface area contributed by atoms with Crippen molar-refractivity contribution in [3.05, 3.63) is 132 Å². The smallest absolute Gasteiger partial charge is 0.319 e.